The molecule has 2 N–H and O–H groups in total. The molecule has 1 rings (SSSR count). The summed E-state index contributed by atoms with van der Waals surface area (Å²) in [7, 11) is 4.00. The molecule has 0 spiro atoms. The van der Waals surface area contributed by atoms with E-state index in [9.17, 15) is 9.90 Å². The minimum atomic E-state index is -0.313. The maximum atomic E-state index is 11.6. The average molecular weight is 241 g/mol. The summed E-state index contributed by atoms with van der Waals surface area (Å²) in [5.74, 6) is -0.0113. The first-order valence-electron chi connectivity index (χ1n) is 5.97. The number of amides is 1. The van der Waals surface area contributed by atoms with Gasteiger partial charge in [-0.1, -0.05) is 6.08 Å². The number of hydrogen-bond donors (Lipinski definition) is 2. The summed E-state index contributed by atoms with van der Waals surface area (Å²) in [4.78, 5) is 15.7. The quantitative estimate of drug-likeness (QED) is 0.603. The zero-order chi connectivity index (χ0) is 12.8. The summed E-state index contributed by atoms with van der Waals surface area (Å²) in [5.41, 5.74) is 0. The predicted octanol–water partition coefficient (Wildman–Crippen LogP) is -0.715. The molecule has 0 aromatic rings. The maximum absolute atomic E-state index is 11.6. The molecule has 1 fully saturated rings. The Balaban J connectivity index is 2.43. The Morgan fingerprint density at radius 1 is 1.65 bits per heavy atom. The second-order valence-electron chi connectivity index (χ2n) is 4.83. The summed E-state index contributed by atoms with van der Waals surface area (Å²) in [5, 5.41) is 12.4. The molecular formula is C12H23N3O2. The van der Waals surface area contributed by atoms with Crippen molar-refractivity contribution in [1.82, 2.24) is 15.1 Å². The van der Waals surface area contributed by atoms with Gasteiger partial charge in [0.1, 0.15) is 0 Å². The van der Waals surface area contributed by atoms with Gasteiger partial charge in [0.25, 0.3) is 0 Å². The van der Waals surface area contributed by atoms with E-state index in [2.05, 4.69) is 16.8 Å². The molecule has 5 heteroatoms. The number of carbonyl (C=O) groups excluding carboxylic acids is 1. The van der Waals surface area contributed by atoms with Crippen LogP contribution in [0.2, 0.25) is 0 Å². The third kappa shape index (κ3) is 4.85. The number of likely N-dealkylation sites (N-methyl/N-ethyl adjacent to an activating group) is 1. The third-order valence-corrected chi connectivity index (χ3v) is 2.87. The lowest BCUT2D eigenvalue weighted by Crippen LogP contribution is -2.43. The SMILES string of the molecule is C=CCNC(=O)CN1CC(O)CC1CN(C)C. The van der Waals surface area contributed by atoms with Crippen LogP contribution in [0.5, 0.6) is 0 Å². The first kappa shape index (κ1) is 14.2. The van der Waals surface area contributed by atoms with E-state index in [0.717, 1.165) is 13.0 Å². The van der Waals surface area contributed by atoms with Gasteiger partial charge in [-0.25, -0.2) is 0 Å². The molecule has 5 nitrogen and oxygen atoms in total. The van der Waals surface area contributed by atoms with Crippen LogP contribution in [0.15, 0.2) is 12.7 Å². The highest BCUT2D eigenvalue weighted by molar-refractivity contribution is 5.78. The Labute approximate surface area is 103 Å². The molecule has 17 heavy (non-hydrogen) atoms. The van der Waals surface area contributed by atoms with E-state index >= 15 is 0 Å². The predicted molar refractivity (Wildman–Crippen MR) is 67.7 cm³/mol. The Morgan fingerprint density at radius 3 is 2.94 bits per heavy atom. The van der Waals surface area contributed by atoms with E-state index in [-0.39, 0.29) is 18.1 Å². The van der Waals surface area contributed by atoms with Gasteiger partial charge in [-0.15, -0.1) is 6.58 Å². The van der Waals surface area contributed by atoms with E-state index < -0.39 is 0 Å². The number of β-amino-alcohol motifs (C(OH)–C–C–N with tert-alkyl or cyclic N) is 1. The number of likely N-dealkylation sites (tertiary alicyclic amines) is 1. The molecular weight excluding hydrogens is 218 g/mol. The second-order valence-corrected chi connectivity index (χ2v) is 4.83. The van der Waals surface area contributed by atoms with Crippen LogP contribution in [0, 0.1) is 0 Å². The molecule has 1 aliphatic rings. The van der Waals surface area contributed by atoms with Crippen LogP contribution in [-0.2, 0) is 4.79 Å². The second kappa shape index (κ2) is 6.74. The molecule has 0 bridgehead atoms. The summed E-state index contributed by atoms with van der Waals surface area (Å²) in [6.07, 6.45) is 2.09. The molecule has 1 aliphatic heterocycles. The Bertz CT molecular complexity index is 268. The first-order chi connectivity index (χ1) is 8.02. The molecule has 0 radical (unpaired) electrons. The highest BCUT2D eigenvalue weighted by Gasteiger charge is 2.32. The van der Waals surface area contributed by atoms with Crippen LogP contribution < -0.4 is 5.32 Å². The van der Waals surface area contributed by atoms with Gasteiger partial charge >= 0.3 is 0 Å². The van der Waals surface area contributed by atoms with Crippen LogP contribution in [0.1, 0.15) is 6.42 Å². The average Bonchev–Trinajstić information content (AvgIpc) is 2.55. The molecule has 1 amide bonds. The normalized spacial score (nSPS) is 25.2. The van der Waals surface area contributed by atoms with E-state index in [4.69, 9.17) is 0 Å². The zero-order valence-corrected chi connectivity index (χ0v) is 10.7. The fourth-order valence-corrected chi connectivity index (χ4v) is 2.19. The number of nitrogens with one attached hydrogen (secondary N) is 1. The molecule has 0 aliphatic carbocycles. The Kier molecular flexibility index (Phi) is 5.61. The summed E-state index contributed by atoms with van der Waals surface area (Å²) in [6.45, 7) is 5.85. The van der Waals surface area contributed by atoms with Crippen LogP contribution in [0.4, 0.5) is 0 Å². The van der Waals surface area contributed by atoms with E-state index in [0.29, 0.717) is 19.6 Å². The summed E-state index contributed by atoms with van der Waals surface area (Å²) in [6, 6.07) is 0.259. The smallest absolute Gasteiger partial charge is 0.234 e. The number of aliphatic hydroxyl groups is 1. The first-order valence-corrected chi connectivity index (χ1v) is 5.97. The number of carbonyl (C=O) groups is 1. The van der Waals surface area contributed by atoms with Gasteiger partial charge in [0, 0.05) is 25.7 Å². The lowest BCUT2D eigenvalue weighted by molar-refractivity contribution is -0.122. The van der Waals surface area contributed by atoms with Crippen molar-refractivity contribution in [3.63, 3.8) is 0 Å². The van der Waals surface area contributed by atoms with Gasteiger partial charge < -0.3 is 15.3 Å². The van der Waals surface area contributed by atoms with Gasteiger partial charge in [-0.3, -0.25) is 9.69 Å². The minimum Gasteiger partial charge on any atom is -0.392 e. The molecule has 0 saturated carbocycles. The van der Waals surface area contributed by atoms with E-state index in [1.165, 1.54) is 0 Å². The fraction of sp³-hybridized carbons (Fsp3) is 0.750. The van der Waals surface area contributed by atoms with Crippen LogP contribution >= 0.6 is 0 Å². The molecule has 0 aromatic carbocycles. The van der Waals surface area contributed by atoms with Crippen LogP contribution in [-0.4, -0.2) is 73.2 Å². The number of aliphatic hydroxyl groups excluding tert-OH is 1. The monoisotopic (exact) mass is 241 g/mol. The number of hydrogen-bond acceptors (Lipinski definition) is 4. The van der Waals surface area contributed by atoms with E-state index in [1.54, 1.807) is 6.08 Å². The lowest BCUT2D eigenvalue weighted by Gasteiger charge is -2.25. The van der Waals surface area contributed by atoms with Crippen molar-refractivity contribution in [1.29, 1.82) is 0 Å². The largest absolute Gasteiger partial charge is 0.392 e. The molecule has 0 aromatic heterocycles. The third-order valence-electron chi connectivity index (χ3n) is 2.87. The summed E-state index contributed by atoms with van der Waals surface area (Å²) < 4.78 is 0. The highest BCUT2D eigenvalue weighted by atomic mass is 16.3. The lowest BCUT2D eigenvalue weighted by atomic mass is 10.2. The van der Waals surface area contributed by atoms with Crippen molar-refractivity contribution in [2.24, 2.45) is 0 Å². The van der Waals surface area contributed by atoms with Crippen molar-refractivity contribution in [2.75, 3.05) is 40.3 Å². The standard InChI is InChI=1S/C12H23N3O2/c1-4-5-13-12(17)9-15-8-11(16)6-10(15)7-14(2)3/h4,10-11,16H,1,5-9H2,2-3H3,(H,13,17). The maximum Gasteiger partial charge on any atom is 0.234 e. The topological polar surface area (TPSA) is 55.8 Å². The van der Waals surface area contributed by atoms with E-state index in [1.807, 2.05) is 19.0 Å². The Hall–Kier alpha value is -0.910. The summed E-state index contributed by atoms with van der Waals surface area (Å²) >= 11 is 0. The minimum absolute atomic E-state index is 0.0113. The molecule has 2 atom stereocenters. The van der Waals surface area contributed by atoms with Crippen molar-refractivity contribution >= 4 is 5.91 Å². The van der Waals surface area contributed by atoms with Crippen molar-refractivity contribution in [3.8, 4) is 0 Å². The molecule has 2 unspecified atom stereocenters. The zero-order valence-electron chi connectivity index (χ0n) is 10.7. The molecule has 1 heterocycles. The van der Waals surface area contributed by atoms with Crippen molar-refractivity contribution in [3.05, 3.63) is 12.7 Å². The van der Waals surface area contributed by atoms with Gasteiger partial charge in [0.15, 0.2) is 0 Å². The van der Waals surface area contributed by atoms with Gasteiger partial charge in [-0.05, 0) is 20.5 Å². The fourth-order valence-electron chi connectivity index (χ4n) is 2.19. The van der Waals surface area contributed by atoms with Gasteiger partial charge in [-0.2, -0.15) is 0 Å². The number of nitrogens with zero attached hydrogens (tertiary/aromatic N) is 2. The number of rotatable bonds is 6. The molecule has 98 valence electrons. The van der Waals surface area contributed by atoms with Gasteiger partial charge in [0.2, 0.25) is 5.91 Å². The van der Waals surface area contributed by atoms with Crippen LogP contribution in [0.25, 0.3) is 0 Å². The van der Waals surface area contributed by atoms with Crippen LogP contribution in [0.3, 0.4) is 0 Å². The highest BCUT2D eigenvalue weighted by Crippen LogP contribution is 2.17. The van der Waals surface area contributed by atoms with Crippen molar-refractivity contribution in [2.45, 2.75) is 18.6 Å². The molecule has 1 saturated heterocycles. The Morgan fingerprint density at radius 2 is 2.35 bits per heavy atom. The van der Waals surface area contributed by atoms with Crippen molar-refractivity contribution < 1.29 is 9.90 Å². The van der Waals surface area contributed by atoms with Gasteiger partial charge in [0.05, 0.1) is 12.6 Å².